The van der Waals surface area contributed by atoms with Crippen molar-refractivity contribution in [1.82, 2.24) is 23.9 Å². The van der Waals surface area contributed by atoms with Crippen molar-refractivity contribution in [1.29, 1.82) is 0 Å². The average molecular weight is 440 g/mol. The summed E-state index contributed by atoms with van der Waals surface area (Å²) in [5, 5.41) is 0. The molecule has 2 bridgehead atoms. The molecular formula is C24H33N5O3. The molecule has 0 aliphatic carbocycles. The Morgan fingerprint density at radius 3 is 2.91 bits per heavy atom. The molecule has 5 rings (SSSR count). The van der Waals surface area contributed by atoms with Crippen LogP contribution in [-0.4, -0.2) is 75.8 Å². The molecule has 0 N–H and O–H groups in total. The van der Waals surface area contributed by atoms with E-state index < -0.39 is 6.04 Å². The molecule has 0 saturated carbocycles. The summed E-state index contributed by atoms with van der Waals surface area (Å²) in [5.74, 6) is 1.53. The SMILES string of the molecule is COC[C@@H]1CCCN1C(=O)[C@H]1[C@H]2C[C@H](CN(CCn3ccnc3C)C2)c2cccc(=O)n21. The predicted octanol–water partition coefficient (Wildman–Crippen LogP) is 1.65. The molecule has 172 valence electrons. The highest BCUT2D eigenvalue weighted by Crippen LogP contribution is 2.42. The fraction of sp³-hybridized carbons (Fsp3) is 0.625. The van der Waals surface area contributed by atoms with Gasteiger partial charge in [0.1, 0.15) is 11.9 Å². The average Bonchev–Trinajstić information content (AvgIpc) is 3.42. The lowest BCUT2D eigenvalue weighted by atomic mass is 9.78. The summed E-state index contributed by atoms with van der Waals surface area (Å²) in [6.07, 6.45) is 6.78. The van der Waals surface area contributed by atoms with E-state index in [1.54, 1.807) is 13.2 Å². The van der Waals surface area contributed by atoms with Gasteiger partial charge in [-0.15, -0.1) is 0 Å². The number of aryl methyl sites for hydroxylation is 1. The number of carbonyl (C=O) groups is 1. The summed E-state index contributed by atoms with van der Waals surface area (Å²) in [7, 11) is 1.69. The first kappa shape index (κ1) is 21.4. The second kappa shape index (κ2) is 8.83. The molecule has 4 atom stereocenters. The maximum Gasteiger partial charge on any atom is 0.251 e. The molecule has 1 amide bonds. The number of hydrogen-bond acceptors (Lipinski definition) is 5. The van der Waals surface area contributed by atoms with Crippen LogP contribution < -0.4 is 5.56 Å². The zero-order valence-electron chi connectivity index (χ0n) is 19.0. The Hall–Kier alpha value is -2.45. The Labute approximate surface area is 188 Å². The van der Waals surface area contributed by atoms with Crippen molar-refractivity contribution in [2.75, 3.05) is 39.9 Å². The number of nitrogens with zero attached hydrogens (tertiary/aromatic N) is 5. The number of aromatic nitrogens is 3. The molecule has 0 radical (unpaired) electrons. The van der Waals surface area contributed by atoms with Gasteiger partial charge in [0.25, 0.3) is 5.56 Å². The molecule has 3 aliphatic heterocycles. The van der Waals surface area contributed by atoms with Crippen molar-refractivity contribution < 1.29 is 9.53 Å². The van der Waals surface area contributed by atoms with Gasteiger partial charge in [-0.25, -0.2) is 4.98 Å². The molecular weight excluding hydrogens is 406 g/mol. The molecule has 5 heterocycles. The molecule has 8 nitrogen and oxygen atoms in total. The maximum absolute atomic E-state index is 13.9. The number of imidazole rings is 1. The molecule has 2 aromatic heterocycles. The largest absolute Gasteiger partial charge is 0.383 e. The molecule has 0 aromatic carbocycles. The number of likely N-dealkylation sites (tertiary alicyclic amines) is 2. The standard InChI is InChI=1S/C24H33N5O3/c1-17-25-8-10-27(17)12-11-26-14-18-13-19(15-26)23(29-21(18)6-3-7-22(29)30)24(31)28-9-4-5-20(28)16-32-2/h3,6-8,10,18-20,23H,4-5,9,11-16H2,1-2H3/t18-,19+,20+,23-/m1/s1. The van der Waals surface area contributed by atoms with Crippen LogP contribution in [0.3, 0.4) is 0 Å². The van der Waals surface area contributed by atoms with Crippen molar-refractivity contribution in [2.45, 2.75) is 50.7 Å². The second-order valence-electron chi connectivity index (χ2n) is 9.51. The first-order chi connectivity index (χ1) is 15.6. The lowest BCUT2D eigenvalue weighted by Gasteiger charge is -2.47. The monoisotopic (exact) mass is 439 g/mol. The molecule has 2 fully saturated rings. The normalized spacial score (nSPS) is 27.5. The number of hydrogen-bond donors (Lipinski definition) is 0. The van der Waals surface area contributed by atoms with Gasteiger partial charge < -0.3 is 19.1 Å². The Morgan fingerprint density at radius 1 is 1.25 bits per heavy atom. The topological polar surface area (TPSA) is 72.6 Å². The van der Waals surface area contributed by atoms with E-state index in [1.165, 1.54) is 0 Å². The highest BCUT2D eigenvalue weighted by Gasteiger charge is 2.46. The van der Waals surface area contributed by atoms with Gasteiger partial charge in [-0.05, 0) is 32.3 Å². The van der Waals surface area contributed by atoms with Crippen LogP contribution in [0, 0.1) is 12.8 Å². The van der Waals surface area contributed by atoms with Crippen molar-refractivity contribution in [3.8, 4) is 0 Å². The van der Waals surface area contributed by atoms with Gasteiger partial charge in [0, 0.05) is 75.8 Å². The van der Waals surface area contributed by atoms with Crippen LogP contribution in [0.4, 0.5) is 0 Å². The van der Waals surface area contributed by atoms with Gasteiger partial charge in [-0.3, -0.25) is 14.2 Å². The third-order valence-corrected chi connectivity index (χ3v) is 7.58. The fourth-order valence-corrected chi connectivity index (χ4v) is 6.08. The summed E-state index contributed by atoms with van der Waals surface area (Å²) < 4.78 is 9.38. The van der Waals surface area contributed by atoms with Crippen LogP contribution >= 0.6 is 0 Å². The van der Waals surface area contributed by atoms with Gasteiger partial charge in [0.2, 0.25) is 5.91 Å². The van der Waals surface area contributed by atoms with E-state index in [0.29, 0.717) is 6.61 Å². The van der Waals surface area contributed by atoms with Crippen LogP contribution in [0.2, 0.25) is 0 Å². The third kappa shape index (κ3) is 3.79. The summed E-state index contributed by atoms with van der Waals surface area (Å²) in [5.41, 5.74) is 0.957. The van der Waals surface area contributed by atoms with Crippen LogP contribution in [0.5, 0.6) is 0 Å². The number of piperidine rings is 1. The van der Waals surface area contributed by atoms with E-state index in [0.717, 1.165) is 63.5 Å². The number of rotatable bonds is 6. The van der Waals surface area contributed by atoms with Crippen molar-refractivity contribution >= 4 is 5.91 Å². The molecule has 3 aliphatic rings. The highest BCUT2D eigenvalue weighted by atomic mass is 16.5. The van der Waals surface area contributed by atoms with Crippen LogP contribution in [0.15, 0.2) is 35.4 Å². The van der Waals surface area contributed by atoms with Gasteiger partial charge in [0.05, 0.1) is 12.6 Å². The molecule has 8 heteroatoms. The van der Waals surface area contributed by atoms with Crippen molar-refractivity contribution in [2.24, 2.45) is 5.92 Å². The summed E-state index contributed by atoms with van der Waals surface area (Å²) in [6.45, 7) is 6.88. The number of amides is 1. The van der Waals surface area contributed by atoms with E-state index in [4.69, 9.17) is 4.74 Å². The number of carbonyl (C=O) groups excluding carboxylic acids is 1. The van der Waals surface area contributed by atoms with Gasteiger partial charge in [-0.1, -0.05) is 6.07 Å². The number of ether oxygens (including phenoxy) is 1. The van der Waals surface area contributed by atoms with E-state index >= 15 is 0 Å². The summed E-state index contributed by atoms with van der Waals surface area (Å²) >= 11 is 0. The fourth-order valence-electron chi connectivity index (χ4n) is 6.08. The number of methoxy groups -OCH3 is 1. The molecule has 0 spiro atoms. The Morgan fingerprint density at radius 2 is 2.12 bits per heavy atom. The van der Waals surface area contributed by atoms with Crippen molar-refractivity contribution in [3.63, 3.8) is 0 Å². The second-order valence-corrected chi connectivity index (χ2v) is 9.51. The third-order valence-electron chi connectivity index (χ3n) is 7.58. The summed E-state index contributed by atoms with van der Waals surface area (Å²) in [6, 6.07) is 5.17. The molecule has 0 unspecified atom stereocenters. The summed E-state index contributed by atoms with van der Waals surface area (Å²) in [4.78, 5) is 35.6. The smallest absolute Gasteiger partial charge is 0.251 e. The van der Waals surface area contributed by atoms with E-state index in [2.05, 4.69) is 14.5 Å². The van der Waals surface area contributed by atoms with Gasteiger partial charge >= 0.3 is 0 Å². The lowest BCUT2D eigenvalue weighted by Crippen LogP contribution is -2.55. The minimum absolute atomic E-state index is 0.0551. The van der Waals surface area contributed by atoms with E-state index in [-0.39, 0.29) is 29.3 Å². The first-order valence-corrected chi connectivity index (χ1v) is 11.8. The van der Waals surface area contributed by atoms with Crippen LogP contribution in [0.1, 0.15) is 42.7 Å². The van der Waals surface area contributed by atoms with Gasteiger partial charge in [-0.2, -0.15) is 0 Å². The van der Waals surface area contributed by atoms with Crippen LogP contribution in [0.25, 0.3) is 0 Å². The maximum atomic E-state index is 13.9. The van der Waals surface area contributed by atoms with Gasteiger partial charge in [0.15, 0.2) is 0 Å². The minimum atomic E-state index is -0.426. The molecule has 2 aromatic rings. The highest BCUT2D eigenvalue weighted by molar-refractivity contribution is 5.82. The van der Waals surface area contributed by atoms with E-state index in [9.17, 15) is 9.59 Å². The molecule has 32 heavy (non-hydrogen) atoms. The predicted molar refractivity (Wildman–Crippen MR) is 121 cm³/mol. The Balaban J connectivity index is 1.43. The quantitative estimate of drug-likeness (QED) is 0.685. The molecule has 2 saturated heterocycles. The zero-order valence-corrected chi connectivity index (χ0v) is 19.0. The number of pyridine rings is 1. The van der Waals surface area contributed by atoms with E-state index in [1.807, 2.05) is 40.9 Å². The van der Waals surface area contributed by atoms with Crippen LogP contribution in [-0.2, 0) is 16.1 Å². The number of fused-ring (bicyclic) bond motifs is 4. The Kier molecular flexibility index (Phi) is 5.90. The lowest BCUT2D eigenvalue weighted by molar-refractivity contribution is -0.140. The van der Waals surface area contributed by atoms with Crippen molar-refractivity contribution in [3.05, 3.63) is 52.5 Å². The zero-order chi connectivity index (χ0) is 22.2. The Bertz CT molecular complexity index is 1030. The first-order valence-electron chi connectivity index (χ1n) is 11.8. The minimum Gasteiger partial charge on any atom is -0.383 e.